The molecule has 4 rings (SSSR count). The summed E-state index contributed by atoms with van der Waals surface area (Å²) in [5.74, 6) is 1.55. The van der Waals surface area contributed by atoms with Crippen LogP contribution in [0.1, 0.15) is 36.0 Å². The molecule has 0 radical (unpaired) electrons. The summed E-state index contributed by atoms with van der Waals surface area (Å²) in [4.78, 5) is 15.2. The number of nitrogens with one attached hydrogen (secondary N) is 1. The van der Waals surface area contributed by atoms with E-state index >= 15 is 0 Å². The summed E-state index contributed by atoms with van der Waals surface area (Å²) in [5.41, 5.74) is 2.71. The van der Waals surface area contributed by atoms with E-state index in [-0.39, 0.29) is 5.91 Å². The number of ether oxygens (including phenoxy) is 2. The van der Waals surface area contributed by atoms with Crippen LogP contribution < -0.4 is 19.7 Å². The van der Waals surface area contributed by atoms with Crippen molar-refractivity contribution in [3.05, 3.63) is 60.2 Å². The van der Waals surface area contributed by atoms with Crippen molar-refractivity contribution in [3.8, 4) is 22.8 Å². The highest BCUT2D eigenvalue weighted by molar-refractivity contribution is 6.07. The minimum absolute atomic E-state index is 0.277. The Kier molecular flexibility index (Phi) is 6.84. The molecule has 0 atom stereocenters. The van der Waals surface area contributed by atoms with Gasteiger partial charge in [0, 0.05) is 24.3 Å². The Balaban J connectivity index is 1.51. The summed E-state index contributed by atoms with van der Waals surface area (Å²) in [6.07, 6.45) is 4.96. The summed E-state index contributed by atoms with van der Waals surface area (Å²) >= 11 is 0. The molecular formula is C25H28N4O3. The van der Waals surface area contributed by atoms with Crippen molar-refractivity contribution in [1.82, 2.24) is 10.2 Å². The van der Waals surface area contributed by atoms with Crippen molar-refractivity contribution >= 4 is 17.4 Å². The molecule has 3 aromatic rings. The van der Waals surface area contributed by atoms with E-state index in [4.69, 9.17) is 9.47 Å². The van der Waals surface area contributed by atoms with Crippen LogP contribution in [0.5, 0.6) is 11.5 Å². The van der Waals surface area contributed by atoms with E-state index in [9.17, 15) is 4.79 Å². The van der Waals surface area contributed by atoms with Crippen molar-refractivity contribution in [3.63, 3.8) is 0 Å². The maximum absolute atomic E-state index is 12.9. The molecule has 0 bridgehead atoms. The molecule has 7 heteroatoms. The van der Waals surface area contributed by atoms with Crippen LogP contribution in [0.3, 0.4) is 0 Å². The number of carbonyl (C=O) groups excluding carboxylic acids is 1. The molecular weight excluding hydrogens is 404 g/mol. The van der Waals surface area contributed by atoms with Gasteiger partial charge in [0.1, 0.15) is 0 Å². The zero-order chi connectivity index (χ0) is 22.3. The first kappa shape index (κ1) is 21.6. The van der Waals surface area contributed by atoms with Gasteiger partial charge in [-0.15, -0.1) is 10.2 Å². The zero-order valence-corrected chi connectivity index (χ0v) is 18.5. The molecule has 1 aliphatic rings. The third-order valence-corrected chi connectivity index (χ3v) is 5.64. The van der Waals surface area contributed by atoms with E-state index in [1.807, 2.05) is 36.4 Å². The molecule has 1 N–H and O–H groups in total. The van der Waals surface area contributed by atoms with E-state index in [0.29, 0.717) is 22.7 Å². The SMILES string of the molecule is COc1cccc(C(=O)Nc2cccc(-c3ccc(N4CCCCCC4)nn3)c2)c1OC. The molecule has 0 saturated carbocycles. The third-order valence-electron chi connectivity index (χ3n) is 5.64. The van der Waals surface area contributed by atoms with Gasteiger partial charge in [0.05, 0.1) is 25.5 Å². The third kappa shape index (κ3) is 4.82. The molecule has 0 spiro atoms. The predicted octanol–water partition coefficient (Wildman–Crippen LogP) is 4.79. The Labute approximate surface area is 188 Å². The average Bonchev–Trinajstić information content (AvgIpc) is 3.13. The monoisotopic (exact) mass is 432 g/mol. The van der Waals surface area contributed by atoms with Crippen molar-refractivity contribution < 1.29 is 14.3 Å². The number of hydrogen-bond acceptors (Lipinski definition) is 6. The highest BCUT2D eigenvalue weighted by atomic mass is 16.5. The molecule has 1 amide bonds. The maximum atomic E-state index is 12.9. The van der Waals surface area contributed by atoms with Gasteiger partial charge in [0.25, 0.3) is 5.91 Å². The van der Waals surface area contributed by atoms with Gasteiger partial charge in [-0.1, -0.05) is 31.0 Å². The number of aromatic nitrogens is 2. The first-order valence-corrected chi connectivity index (χ1v) is 10.9. The maximum Gasteiger partial charge on any atom is 0.259 e. The molecule has 2 heterocycles. The second kappa shape index (κ2) is 10.1. The Morgan fingerprint density at radius 3 is 2.38 bits per heavy atom. The van der Waals surface area contributed by atoms with Crippen LogP contribution in [0.25, 0.3) is 11.3 Å². The lowest BCUT2D eigenvalue weighted by molar-refractivity contribution is 0.102. The highest BCUT2D eigenvalue weighted by Gasteiger charge is 2.17. The Hall–Kier alpha value is -3.61. The second-order valence-electron chi connectivity index (χ2n) is 7.75. The lowest BCUT2D eigenvalue weighted by Crippen LogP contribution is -2.25. The largest absolute Gasteiger partial charge is 0.493 e. The van der Waals surface area contributed by atoms with Gasteiger partial charge < -0.3 is 19.7 Å². The first-order valence-electron chi connectivity index (χ1n) is 10.9. The quantitative estimate of drug-likeness (QED) is 0.603. The molecule has 2 aromatic carbocycles. The summed E-state index contributed by atoms with van der Waals surface area (Å²) in [7, 11) is 3.06. The molecule has 1 saturated heterocycles. The number of anilines is 2. The van der Waals surface area contributed by atoms with Gasteiger partial charge in [-0.3, -0.25) is 4.79 Å². The smallest absolute Gasteiger partial charge is 0.259 e. The molecule has 0 aliphatic carbocycles. The number of methoxy groups -OCH3 is 2. The van der Waals surface area contributed by atoms with Crippen molar-refractivity contribution in [2.24, 2.45) is 0 Å². The van der Waals surface area contributed by atoms with E-state index < -0.39 is 0 Å². The highest BCUT2D eigenvalue weighted by Crippen LogP contribution is 2.31. The topological polar surface area (TPSA) is 76.6 Å². The number of carbonyl (C=O) groups is 1. The Morgan fingerprint density at radius 1 is 0.906 bits per heavy atom. The molecule has 32 heavy (non-hydrogen) atoms. The normalized spacial score (nSPS) is 13.9. The summed E-state index contributed by atoms with van der Waals surface area (Å²) in [6.45, 7) is 2.06. The van der Waals surface area contributed by atoms with Crippen LogP contribution in [0.4, 0.5) is 11.5 Å². The van der Waals surface area contributed by atoms with Crippen molar-refractivity contribution in [2.75, 3.05) is 37.5 Å². The van der Waals surface area contributed by atoms with E-state index in [1.165, 1.54) is 32.8 Å². The van der Waals surface area contributed by atoms with E-state index in [0.717, 1.165) is 30.2 Å². The summed E-state index contributed by atoms with van der Waals surface area (Å²) < 4.78 is 10.7. The van der Waals surface area contributed by atoms with Crippen molar-refractivity contribution in [1.29, 1.82) is 0 Å². The molecule has 166 valence electrons. The van der Waals surface area contributed by atoms with Crippen LogP contribution in [0.2, 0.25) is 0 Å². The van der Waals surface area contributed by atoms with E-state index in [2.05, 4.69) is 20.4 Å². The van der Waals surface area contributed by atoms with Crippen LogP contribution in [-0.2, 0) is 0 Å². The Bertz CT molecular complexity index is 1060. The second-order valence-corrected chi connectivity index (χ2v) is 7.75. The lowest BCUT2D eigenvalue weighted by Gasteiger charge is -2.20. The van der Waals surface area contributed by atoms with Gasteiger partial charge in [-0.25, -0.2) is 0 Å². The van der Waals surface area contributed by atoms with Gasteiger partial charge in [0.2, 0.25) is 0 Å². The van der Waals surface area contributed by atoms with E-state index in [1.54, 1.807) is 25.3 Å². The fraction of sp³-hybridized carbons (Fsp3) is 0.320. The van der Waals surface area contributed by atoms with Crippen LogP contribution >= 0.6 is 0 Å². The summed E-state index contributed by atoms with van der Waals surface area (Å²) in [5, 5.41) is 11.8. The number of benzene rings is 2. The average molecular weight is 433 g/mol. The number of hydrogen-bond donors (Lipinski definition) is 1. The number of para-hydroxylation sites is 1. The van der Waals surface area contributed by atoms with Gasteiger partial charge in [0.15, 0.2) is 17.3 Å². The van der Waals surface area contributed by atoms with Gasteiger partial charge in [-0.05, 0) is 49.2 Å². The molecule has 0 unspecified atom stereocenters. The molecule has 1 aliphatic heterocycles. The first-order chi connectivity index (χ1) is 15.7. The summed E-state index contributed by atoms with van der Waals surface area (Å²) in [6, 6.07) is 16.8. The van der Waals surface area contributed by atoms with Crippen molar-refractivity contribution in [2.45, 2.75) is 25.7 Å². The minimum atomic E-state index is -0.277. The fourth-order valence-electron chi connectivity index (χ4n) is 3.97. The minimum Gasteiger partial charge on any atom is -0.493 e. The molecule has 1 fully saturated rings. The Morgan fingerprint density at radius 2 is 1.69 bits per heavy atom. The standard InChI is InChI=1S/C25H28N4O3/c1-31-22-12-8-11-20(24(22)32-2)25(30)26-19-10-7-9-18(17-19)21-13-14-23(28-27-21)29-15-5-3-4-6-16-29/h7-14,17H,3-6,15-16H2,1-2H3,(H,26,30). The fourth-order valence-corrected chi connectivity index (χ4v) is 3.97. The van der Waals surface area contributed by atoms with Crippen LogP contribution in [0.15, 0.2) is 54.6 Å². The van der Waals surface area contributed by atoms with Crippen LogP contribution in [-0.4, -0.2) is 43.4 Å². The van der Waals surface area contributed by atoms with Crippen LogP contribution in [0, 0.1) is 0 Å². The number of nitrogens with zero attached hydrogens (tertiary/aromatic N) is 3. The zero-order valence-electron chi connectivity index (χ0n) is 18.5. The molecule has 7 nitrogen and oxygen atoms in total. The number of amides is 1. The predicted molar refractivity (Wildman–Crippen MR) is 126 cm³/mol. The van der Waals surface area contributed by atoms with Gasteiger partial charge in [-0.2, -0.15) is 0 Å². The molecule has 1 aromatic heterocycles. The lowest BCUT2D eigenvalue weighted by atomic mass is 10.1. The number of rotatable bonds is 6. The van der Waals surface area contributed by atoms with Gasteiger partial charge >= 0.3 is 0 Å².